The lowest BCUT2D eigenvalue weighted by Crippen LogP contribution is -2.57. The molecular formula is C41H44N6O7. The summed E-state index contributed by atoms with van der Waals surface area (Å²) >= 11 is 0. The van der Waals surface area contributed by atoms with Crippen LogP contribution in [0.1, 0.15) is 49.0 Å². The fraction of sp³-hybridized carbons (Fsp3) is 0.366. The number of rotatable bonds is 16. The highest BCUT2D eigenvalue weighted by Gasteiger charge is 2.76. The maximum absolute atomic E-state index is 15.1. The number of amides is 3. The van der Waals surface area contributed by atoms with Gasteiger partial charge >= 0.3 is 5.97 Å². The molecule has 3 saturated heterocycles. The summed E-state index contributed by atoms with van der Waals surface area (Å²) in [7, 11) is 0. The number of likely N-dealkylation sites (tertiary alicyclic amines) is 1. The molecule has 3 fully saturated rings. The van der Waals surface area contributed by atoms with E-state index in [4.69, 9.17) is 9.47 Å². The summed E-state index contributed by atoms with van der Waals surface area (Å²) in [5.74, 6) is -3.86. The lowest BCUT2D eigenvalue weighted by atomic mass is 9.70. The number of benzene rings is 3. The normalized spacial score (nSPS) is 23.8. The molecule has 2 bridgehead atoms. The predicted octanol–water partition coefficient (Wildman–Crippen LogP) is 3.88. The number of nitrogens with zero attached hydrogens (tertiary/aromatic N) is 5. The minimum absolute atomic E-state index is 0.00590. The molecular weight excluding hydrogens is 688 g/mol. The van der Waals surface area contributed by atoms with E-state index in [9.17, 15) is 19.5 Å². The third-order valence-electron chi connectivity index (χ3n) is 10.8. The van der Waals surface area contributed by atoms with Crippen LogP contribution in [0.3, 0.4) is 0 Å². The van der Waals surface area contributed by atoms with E-state index in [0.717, 1.165) is 5.52 Å². The number of ether oxygens (including phenoxy) is 2. The second-order valence-electron chi connectivity index (χ2n) is 13.9. The molecule has 54 heavy (non-hydrogen) atoms. The number of hydrogen-bond acceptors (Lipinski definition) is 9. The lowest BCUT2D eigenvalue weighted by Gasteiger charge is -2.39. The first kappa shape index (κ1) is 36.7. The van der Waals surface area contributed by atoms with Gasteiger partial charge in [0.05, 0.1) is 42.6 Å². The monoisotopic (exact) mass is 732 g/mol. The molecule has 13 nitrogen and oxygen atoms in total. The van der Waals surface area contributed by atoms with Crippen molar-refractivity contribution in [3.8, 4) is 0 Å². The van der Waals surface area contributed by atoms with Gasteiger partial charge in [-0.3, -0.25) is 19.2 Å². The average molecular weight is 733 g/mol. The summed E-state index contributed by atoms with van der Waals surface area (Å²) in [4.78, 5) is 60.0. The first-order valence-corrected chi connectivity index (χ1v) is 18.3. The number of carbonyl (C=O) groups excluding carboxylic acids is 4. The Labute approximate surface area is 313 Å². The zero-order valence-corrected chi connectivity index (χ0v) is 29.9. The second kappa shape index (κ2) is 15.7. The SMILES string of the molecule is C=CCCC(=O)NC[C@H](OC(=O)[C@@H]1[C@@H]2CC[C@]3(O2)[C@H](C(=O)N(CC=C)Cn2nnc4ccccc42)N([C@H](CO)c2ccccc2)C(=O)[C@@H]13)c1ccccc1. The van der Waals surface area contributed by atoms with E-state index in [1.54, 1.807) is 46.0 Å². The number of carbonyl (C=O) groups is 4. The number of hydrogen-bond donors (Lipinski definition) is 2. The van der Waals surface area contributed by atoms with E-state index >= 15 is 4.79 Å². The van der Waals surface area contributed by atoms with Crippen molar-refractivity contribution in [1.29, 1.82) is 0 Å². The largest absolute Gasteiger partial charge is 0.455 e. The summed E-state index contributed by atoms with van der Waals surface area (Å²) in [6, 6.07) is 23.4. The van der Waals surface area contributed by atoms with E-state index < -0.39 is 66.1 Å². The number of allylic oxidation sites excluding steroid dienone is 1. The molecule has 4 aromatic rings. The maximum atomic E-state index is 15.1. The molecule has 7 atom stereocenters. The van der Waals surface area contributed by atoms with Crippen molar-refractivity contribution in [3.63, 3.8) is 0 Å². The second-order valence-corrected chi connectivity index (χ2v) is 13.9. The number of nitrogens with one attached hydrogen (secondary N) is 1. The van der Waals surface area contributed by atoms with Crippen LogP contribution < -0.4 is 5.32 Å². The van der Waals surface area contributed by atoms with Gasteiger partial charge in [-0.05, 0) is 42.5 Å². The van der Waals surface area contributed by atoms with Crippen LogP contribution in [0.2, 0.25) is 0 Å². The summed E-state index contributed by atoms with van der Waals surface area (Å²) in [5.41, 5.74) is 1.30. The topological polar surface area (TPSA) is 156 Å². The summed E-state index contributed by atoms with van der Waals surface area (Å²) in [5, 5.41) is 22.3. The summed E-state index contributed by atoms with van der Waals surface area (Å²) in [6.07, 6.45) is 3.23. The van der Waals surface area contributed by atoms with Crippen LogP contribution in [0, 0.1) is 11.8 Å². The molecule has 3 amide bonds. The fourth-order valence-electron chi connectivity index (χ4n) is 8.38. The first-order chi connectivity index (χ1) is 26.3. The van der Waals surface area contributed by atoms with Gasteiger partial charge in [-0.15, -0.1) is 18.3 Å². The maximum Gasteiger partial charge on any atom is 0.313 e. The van der Waals surface area contributed by atoms with Crippen LogP contribution in [0.15, 0.2) is 110 Å². The molecule has 7 rings (SSSR count). The minimum Gasteiger partial charge on any atom is -0.455 e. The first-order valence-electron chi connectivity index (χ1n) is 18.3. The summed E-state index contributed by atoms with van der Waals surface area (Å²) in [6.45, 7) is 7.23. The third-order valence-corrected chi connectivity index (χ3v) is 10.8. The van der Waals surface area contributed by atoms with Crippen molar-refractivity contribution in [2.24, 2.45) is 11.8 Å². The zero-order chi connectivity index (χ0) is 37.8. The average Bonchev–Trinajstić information content (AvgIpc) is 3.96. The van der Waals surface area contributed by atoms with Gasteiger partial charge in [0.1, 0.15) is 29.9 Å². The van der Waals surface area contributed by atoms with Crippen molar-refractivity contribution < 1.29 is 33.8 Å². The smallest absolute Gasteiger partial charge is 0.313 e. The van der Waals surface area contributed by atoms with Crippen molar-refractivity contribution >= 4 is 34.7 Å². The van der Waals surface area contributed by atoms with E-state index in [-0.39, 0.29) is 32.1 Å². The van der Waals surface area contributed by atoms with E-state index in [1.165, 1.54) is 4.90 Å². The van der Waals surface area contributed by atoms with Crippen LogP contribution in [-0.2, 0) is 35.3 Å². The van der Waals surface area contributed by atoms with E-state index in [2.05, 4.69) is 28.8 Å². The van der Waals surface area contributed by atoms with Gasteiger partial charge < -0.3 is 29.7 Å². The number of para-hydroxylation sites is 1. The molecule has 0 radical (unpaired) electrons. The van der Waals surface area contributed by atoms with Gasteiger partial charge in [0.2, 0.25) is 17.7 Å². The molecule has 3 aliphatic rings. The molecule has 0 aliphatic carbocycles. The number of esters is 1. The molecule has 0 unspecified atom stereocenters. The molecule has 1 aromatic heterocycles. The quantitative estimate of drug-likeness (QED) is 0.129. The Kier molecular flexibility index (Phi) is 10.7. The van der Waals surface area contributed by atoms with Gasteiger partial charge in [-0.1, -0.05) is 90.2 Å². The lowest BCUT2D eigenvalue weighted by molar-refractivity contribution is -0.161. The van der Waals surface area contributed by atoms with Gasteiger partial charge in [0.15, 0.2) is 0 Å². The molecule has 3 aromatic carbocycles. The van der Waals surface area contributed by atoms with E-state index in [1.807, 2.05) is 60.7 Å². The van der Waals surface area contributed by atoms with Crippen LogP contribution in [0.5, 0.6) is 0 Å². The summed E-state index contributed by atoms with van der Waals surface area (Å²) < 4.78 is 14.5. The molecule has 3 aliphatic heterocycles. The number of fused-ring (bicyclic) bond motifs is 2. The number of aliphatic hydroxyl groups is 1. The van der Waals surface area contributed by atoms with Gasteiger partial charge in [-0.25, -0.2) is 4.68 Å². The standard InChI is InChI=1S/C41H44N6O7/c1-3-5-20-34(49)42-24-33(28-16-10-7-11-17-28)53-40(52)35-32-21-22-41(54-32)36(35)38(50)47(31(25-48)27-14-8-6-9-15-27)37(41)39(51)45(23-4-2)26-46-30-19-13-12-18-29(30)43-44-46/h3-4,6-19,31-33,35-37,48H,1-2,5,20-26H2,(H,42,49)/t31-,32+,33+,35-,36-,37+,41-/m1/s1. The zero-order valence-electron chi connectivity index (χ0n) is 29.9. The molecule has 0 saturated carbocycles. The Morgan fingerprint density at radius 2 is 1.72 bits per heavy atom. The van der Waals surface area contributed by atoms with Gasteiger partial charge in [0.25, 0.3) is 0 Å². The Bertz CT molecular complexity index is 2020. The van der Waals surface area contributed by atoms with Crippen LogP contribution >= 0.6 is 0 Å². The van der Waals surface area contributed by atoms with Crippen LogP contribution in [0.4, 0.5) is 0 Å². The third kappa shape index (κ3) is 6.69. The van der Waals surface area contributed by atoms with E-state index in [0.29, 0.717) is 35.9 Å². The highest BCUT2D eigenvalue weighted by molar-refractivity contribution is 5.98. The van der Waals surface area contributed by atoms with Crippen molar-refractivity contribution in [2.45, 2.75) is 62.2 Å². The van der Waals surface area contributed by atoms with Gasteiger partial charge in [0, 0.05) is 13.0 Å². The molecule has 13 heteroatoms. The number of aromatic nitrogens is 3. The minimum atomic E-state index is -1.38. The highest BCUT2D eigenvalue weighted by atomic mass is 16.6. The fourth-order valence-corrected chi connectivity index (χ4v) is 8.38. The Morgan fingerprint density at radius 3 is 2.43 bits per heavy atom. The predicted molar refractivity (Wildman–Crippen MR) is 198 cm³/mol. The molecule has 2 N–H and O–H groups in total. The molecule has 4 heterocycles. The van der Waals surface area contributed by atoms with Crippen molar-refractivity contribution in [2.75, 3.05) is 19.7 Å². The van der Waals surface area contributed by atoms with Crippen molar-refractivity contribution in [3.05, 3.63) is 121 Å². The van der Waals surface area contributed by atoms with Gasteiger partial charge in [-0.2, -0.15) is 0 Å². The number of aliphatic hydroxyl groups excluding tert-OH is 1. The Morgan fingerprint density at radius 1 is 1.02 bits per heavy atom. The highest BCUT2D eigenvalue weighted by Crippen LogP contribution is 2.60. The molecule has 1 spiro atoms. The Hall–Kier alpha value is -5.66. The van der Waals surface area contributed by atoms with Crippen molar-refractivity contribution in [1.82, 2.24) is 30.1 Å². The van der Waals surface area contributed by atoms with Crippen LogP contribution in [0.25, 0.3) is 11.0 Å². The van der Waals surface area contributed by atoms with Crippen LogP contribution in [-0.4, -0.2) is 91.0 Å². The molecule has 280 valence electrons. The Balaban J connectivity index is 1.24.